The van der Waals surface area contributed by atoms with E-state index in [1.165, 1.54) is 6.20 Å². The Morgan fingerprint density at radius 1 is 1.12 bits per heavy atom. The van der Waals surface area contributed by atoms with Gasteiger partial charge in [-0.3, -0.25) is 0 Å². The highest BCUT2D eigenvalue weighted by molar-refractivity contribution is 9.11. The van der Waals surface area contributed by atoms with Crippen LogP contribution in [0.4, 0.5) is 17.3 Å². The molecule has 0 fully saturated rings. The molecule has 0 atom stereocenters. The lowest BCUT2D eigenvalue weighted by Crippen LogP contribution is -1.97. The summed E-state index contributed by atoms with van der Waals surface area (Å²) in [5.74, 6) is 1.05. The summed E-state index contributed by atoms with van der Waals surface area (Å²) in [6, 6.07) is 5.83. The highest BCUT2D eigenvalue weighted by atomic mass is 79.9. The molecule has 0 spiro atoms. The molecule has 0 saturated carbocycles. The summed E-state index contributed by atoms with van der Waals surface area (Å²) in [5, 5.41) is 3.13. The van der Waals surface area contributed by atoms with Gasteiger partial charge in [-0.25, -0.2) is 9.97 Å². The molecule has 2 aromatic rings. The number of hydrogen-bond acceptors (Lipinski definition) is 4. The Morgan fingerprint density at radius 2 is 1.94 bits per heavy atom. The van der Waals surface area contributed by atoms with Crippen molar-refractivity contribution in [1.82, 2.24) is 9.97 Å². The number of nitrogens with zero attached hydrogens (tertiary/aromatic N) is 2. The van der Waals surface area contributed by atoms with Gasteiger partial charge in [-0.1, -0.05) is 15.9 Å². The number of nitrogen functional groups attached to an aromatic ring is 1. The van der Waals surface area contributed by atoms with Crippen LogP contribution in [0, 0.1) is 0 Å². The van der Waals surface area contributed by atoms with E-state index in [1.807, 2.05) is 18.2 Å². The lowest BCUT2D eigenvalue weighted by atomic mass is 10.3. The lowest BCUT2D eigenvalue weighted by Gasteiger charge is -2.07. The second-order valence-electron chi connectivity index (χ2n) is 3.08. The van der Waals surface area contributed by atoms with Crippen molar-refractivity contribution < 1.29 is 0 Å². The Bertz CT molecular complexity index is 499. The molecular formula is C10H8Br2N4. The summed E-state index contributed by atoms with van der Waals surface area (Å²) in [6.07, 6.45) is 3.10. The maximum absolute atomic E-state index is 5.45. The van der Waals surface area contributed by atoms with Crippen LogP contribution in [0.2, 0.25) is 0 Å². The molecule has 6 heteroatoms. The first-order valence-electron chi connectivity index (χ1n) is 4.45. The predicted molar refractivity (Wildman–Crippen MR) is 71.6 cm³/mol. The maximum atomic E-state index is 5.45. The summed E-state index contributed by atoms with van der Waals surface area (Å²) in [5.41, 5.74) is 6.37. The SMILES string of the molecule is Nc1cnc(Nc2ccc(Br)cc2Br)cn1. The number of aromatic nitrogens is 2. The van der Waals surface area contributed by atoms with Crippen LogP contribution in [0.1, 0.15) is 0 Å². The number of anilines is 3. The molecule has 82 valence electrons. The van der Waals surface area contributed by atoms with Crippen molar-refractivity contribution >= 4 is 49.2 Å². The van der Waals surface area contributed by atoms with E-state index in [0.29, 0.717) is 11.6 Å². The molecular weight excluding hydrogens is 336 g/mol. The van der Waals surface area contributed by atoms with Crippen LogP contribution in [0.5, 0.6) is 0 Å². The quantitative estimate of drug-likeness (QED) is 0.877. The van der Waals surface area contributed by atoms with E-state index in [1.54, 1.807) is 6.20 Å². The number of nitrogens with two attached hydrogens (primary N) is 1. The van der Waals surface area contributed by atoms with Crippen molar-refractivity contribution in [2.75, 3.05) is 11.1 Å². The largest absolute Gasteiger partial charge is 0.382 e. The second kappa shape index (κ2) is 4.80. The van der Waals surface area contributed by atoms with E-state index in [0.717, 1.165) is 14.6 Å². The molecule has 0 bridgehead atoms. The molecule has 4 nitrogen and oxygen atoms in total. The first-order valence-corrected chi connectivity index (χ1v) is 6.03. The zero-order chi connectivity index (χ0) is 11.5. The molecule has 0 aliphatic carbocycles. The van der Waals surface area contributed by atoms with Gasteiger partial charge >= 0.3 is 0 Å². The van der Waals surface area contributed by atoms with Gasteiger partial charge in [0.25, 0.3) is 0 Å². The molecule has 0 saturated heterocycles. The van der Waals surface area contributed by atoms with Crippen molar-refractivity contribution in [1.29, 1.82) is 0 Å². The summed E-state index contributed by atoms with van der Waals surface area (Å²) in [7, 11) is 0. The molecule has 0 unspecified atom stereocenters. The molecule has 1 aromatic carbocycles. The van der Waals surface area contributed by atoms with E-state index in [2.05, 4.69) is 47.1 Å². The second-order valence-corrected chi connectivity index (χ2v) is 4.85. The molecule has 0 aliphatic heterocycles. The topological polar surface area (TPSA) is 63.8 Å². The zero-order valence-corrected chi connectivity index (χ0v) is 11.3. The third-order valence-electron chi connectivity index (χ3n) is 1.87. The molecule has 1 aromatic heterocycles. The minimum atomic E-state index is 0.403. The number of hydrogen-bond donors (Lipinski definition) is 2. The molecule has 0 radical (unpaired) electrons. The number of halogens is 2. The van der Waals surface area contributed by atoms with E-state index >= 15 is 0 Å². The van der Waals surface area contributed by atoms with Crippen LogP contribution < -0.4 is 11.1 Å². The van der Waals surface area contributed by atoms with Crippen LogP contribution in [0.3, 0.4) is 0 Å². The molecule has 3 N–H and O–H groups in total. The van der Waals surface area contributed by atoms with Gasteiger partial charge in [0.15, 0.2) is 0 Å². The van der Waals surface area contributed by atoms with Gasteiger partial charge in [0, 0.05) is 8.95 Å². The third-order valence-corrected chi connectivity index (χ3v) is 3.02. The number of rotatable bonds is 2. The summed E-state index contributed by atoms with van der Waals surface area (Å²) in [6.45, 7) is 0. The smallest absolute Gasteiger partial charge is 0.149 e. The van der Waals surface area contributed by atoms with Crippen LogP contribution in [-0.4, -0.2) is 9.97 Å². The van der Waals surface area contributed by atoms with Crippen molar-refractivity contribution in [3.63, 3.8) is 0 Å². The Hall–Kier alpha value is -1.14. The first kappa shape index (κ1) is 11.3. The molecule has 16 heavy (non-hydrogen) atoms. The Labute approximate surface area is 110 Å². The normalized spacial score (nSPS) is 10.1. The minimum absolute atomic E-state index is 0.403. The highest BCUT2D eigenvalue weighted by Crippen LogP contribution is 2.27. The summed E-state index contributed by atoms with van der Waals surface area (Å²) >= 11 is 6.84. The highest BCUT2D eigenvalue weighted by Gasteiger charge is 2.01. The molecule has 0 amide bonds. The first-order chi connectivity index (χ1) is 7.65. The summed E-state index contributed by atoms with van der Waals surface area (Å²) < 4.78 is 1.95. The number of benzene rings is 1. The molecule has 2 rings (SSSR count). The van der Waals surface area contributed by atoms with Crippen molar-refractivity contribution in [2.45, 2.75) is 0 Å². The molecule has 0 aliphatic rings. The standard InChI is InChI=1S/C10H8Br2N4/c11-6-1-2-8(7(12)3-6)16-10-5-14-9(13)4-15-10/h1-5H,(H2,13,14)(H,15,16). The van der Waals surface area contributed by atoms with Crippen molar-refractivity contribution in [2.24, 2.45) is 0 Å². The lowest BCUT2D eigenvalue weighted by molar-refractivity contribution is 1.21. The van der Waals surface area contributed by atoms with E-state index < -0.39 is 0 Å². The molecule has 1 heterocycles. The third kappa shape index (κ3) is 2.70. The summed E-state index contributed by atoms with van der Waals surface area (Å²) in [4.78, 5) is 8.06. The minimum Gasteiger partial charge on any atom is -0.382 e. The van der Waals surface area contributed by atoms with Crippen LogP contribution >= 0.6 is 31.9 Å². The Kier molecular flexibility index (Phi) is 3.40. The van der Waals surface area contributed by atoms with E-state index in [-0.39, 0.29) is 0 Å². The van der Waals surface area contributed by atoms with Gasteiger partial charge in [0.1, 0.15) is 11.6 Å². The van der Waals surface area contributed by atoms with E-state index in [9.17, 15) is 0 Å². The van der Waals surface area contributed by atoms with Crippen molar-refractivity contribution in [3.05, 3.63) is 39.5 Å². The fourth-order valence-electron chi connectivity index (χ4n) is 1.13. The predicted octanol–water partition coefficient (Wildman–Crippen LogP) is 3.33. The fraction of sp³-hybridized carbons (Fsp3) is 0. The van der Waals surface area contributed by atoms with Gasteiger partial charge in [-0.05, 0) is 34.1 Å². The van der Waals surface area contributed by atoms with Gasteiger partial charge in [-0.15, -0.1) is 0 Å². The monoisotopic (exact) mass is 342 g/mol. The van der Waals surface area contributed by atoms with Crippen LogP contribution in [0.15, 0.2) is 39.5 Å². The van der Waals surface area contributed by atoms with Crippen LogP contribution in [-0.2, 0) is 0 Å². The Morgan fingerprint density at radius 3 is 2.56 bits per heavy atom. The van der Waals surface area contributed by atoms with Gasteiger partial charge in [0.05, 0.1) is 18.1 Å². The number of nitrogens with one attached hydrogen (secondary N) is 1. The van der Waals surface area contributed by atoms with Gasteiger partial charge < -0.3 is 11.1 Å². The van der Waals surface area contributed by atoms with Gasteiger partial charge in [0.2, 0.25) is 0 Å². The average Bonchev–Trinajstić information content (AvgIpc) is 2.25. The van der Waals surface area contributed by atoms with Crippen LogP contribution in [0.25, 0.3) is 0 Å². The average molecular weight is 344 g/mol. The zero-order valence-electron chi connectivity index (χ0n) is 8.11. The van der Waals surface area contributed by atoms with Crippen molar-refractivity contribution in [3.8, 4) is 0 Å². The fourth-order valence-corrected chi connectivity index (χ4v) is 2.28. The van der Waals surface area contributed by atoms with Gasteiger partial charge in [-0.2, -0.15) is 0 Å². The maximum Gasteiger partial charge on any atom is 0.149 e. The Balaban J connectivity index is 2.23. The van der Waals surface area contributed by atoms with E-state index in [4.69, 9.17) is 5.73 Å².